The Kier molecular flexibility index (Phi) is 6.23. The highest BCUT2D eigenvalue weighted by Gasteiger charge is 2.42. The Morgan fingerprint density at radius 1 is 0.882 bits per heavy atom. The van der Waals surface area contributed by atoms with Crippen LogP contribution in [0.3, 0.4) is 0 Å². The lowest BCUT2D eigenvalue weighted by molar-refractivity contribution is -0.147. The van der Waals surface area contributed by atoms with E-state index in [1.165, 1.54) is 5.69 Å². The lowest BCUT2D eigenvalue weighted by atomic mass is 9.94. The van der Waals surface area contributed by atoms with E-state index >= 15 is 0 Å². The second-order valence-corrected chi connectivity index (χ2v) is 8.37. The van der Waals surface area contributed by atoms with Crippen LogP contribution in [0.1, 0.15) is 29.6 Å². The highest BCUT2D eigenvalue weighted by atomic mass is 19.4. The summed E-state index contributed by atoms with van der Waals surface area (Å²) in [6.45, 7) is 4.65. The topological polar surface area (TPSA) is 58.8 Å². The fourth-order valence-corrected chi connectivity index (χ4v) is 4.40. The van der Waals surface area contributed by atoms with Crippen LogP contribution in [0, 0.1) is 0 Å². The molecule has 7 nitrogen and oxygen atoms in total. The van der Waals surface area contributed by atoms with Gasteiger partial charge in [0.05, 0.1) is 5.92 Å². The van der Waals surface area contributed by atoms with Crippen molar-refractivity contribution in [2.75, 3.05) is 44.2 Å². The number of nitrogens with zero attached hydrogens (tertiary/aromatic N) is 6. The molecule has 5 rings (SSSR count). The molecule has 2 aliphatic rings. The summed E-state index contributed by atoms with van der Waals surface area (Å²) >= 11 is 0. The molecule has 34 heavy (non-hydrogen) atoms. The molecule has 1 aromatic heterocycles. The normalized spacial score (nSPS) is 19.0. The maximum absolute atomic E-state index is 13.5. The SMILES string of the molecule is FC(F)(F)c1nnc2n1N=C(OCCN1CCN(c3ccccc3)CC1)CC2c1ccccc1. The smallest absolute Gasteiger partial charge is 0.453 e. The van der Waals surface area contributed by atoms with Gasteiger partial charge in [-0.3, -0.25) is 4.90 Å². The van der Waals surface area contributed by atoms with Gasteiger partial charge in [-0.15, -0.1) is 15.3 Å². The van der Waals surface area contributed by atoms with Gasteiger partial charge in [0, 0.05) is 44.8 Å². The molecular weight excluding hydrogens is 445 g/mol. The summed E-state index contributed by atoms with van der Waals surface area (Å²) in [6.07, 6.45) is -4.32. The minimum absolute atomic E-state index is 0.169. The van der Waals surface area contributed by atoms with Crippen LogP contribution in [0.2, 0.25) is 0 Å². The average Bonchev–Trinajstić information content (AvgIpc) is 3.30. The number of rotatable bonds is 5. The summed E-state index contributed by atoms with van der Waals surface area (Å²) in [4.78, 5) is 4.64. The van der Waals surface area contributed by atoms with E-state index in [4.69, 9.17) is 4.74 Å². The van der Waals surface area contributed by atoms with E-state index in [9.17, 15) is 13.2 Å². The Morgan fingerprint density at radius 2 is 1.56 bits per heavy atom. The molecule has 1 saturated heterocycles. The third-order valence-corrected chi connectivity index (χ3v) is 6.19. The minimum Gasteiger partial charge on any atom is -0.478 e. The fourth-order valence-electron chi connectivity index (χ4n) is 4.40. The summed E-state index contributed by atoms with van der Waals surface area (Å²) in [5.41, 5.74) is 2.06. The zero-order valence-electron chi connectivity index (χ0n) is 18.5. The standard InChI is InChI=1S/C24H25F3N6O/c25-24(26,27)23-29-28-22-20(18-7-3-1-4-8-18)17-21(30-33(22)23)34-16-15-31-11-13-32(14-12-31)19-9-5-2-6-10-19/h1-10,20H,11-17H2. The van der Waals surface area contributed by atoms with Crippen LogP contribution in [-0.2, 0) is 10.9 Å². The van der Waals surface area contributed by atoms with Gasteiger partial charge in [-0.05, 0) is 17.7 Å². The third-order valence-electron chi connectivity index (χ3n) is 6.19. The summed E-state index contributed by atoms with van der Waals surface area (Å²) in [6, 6.07) is 19.6. The van der Waals surface area contributed by atoms with Gasteiger partial charge in [-0.2, -0.15) is 17.8 Å². The van der Waals surface area contributed by atoms with Gasteiger partial charge in [0.25, 0.3) is 5.82 Å². The van der Waals surface area contributed by atoms with Crippen LogP contribution in [0.15, 0.2) is 65.8 Å². The molecule has 0 aliphatic carbocycles. The molecule has 0 radical (unpaired) electrons. The zero-order chi connectivity index (χ0) is 23.5. The van der Waals surface area contributed by atoms with Crippen LogP contribution < -0.4 is 4.90 Å². The van der Waals surface area contributed by atoms with E-state index in [0.717, 1.165) is 36.4 Å². The number of piperazine rings is 1. The molecule has 10 heteroatoms. The lowest BCUT2D eigenvalue weighted by Gasteiger charge is -2.36. The monoisotopic (exact) mass is 470 g/mol. The number of para-hydroxylation sites is 1. The summed E-state index contributed by atoms with van der Waals surface area (Å²) in [7, 11) is 0. The Labute approximate surface area is 195 Å². The maximum Gasteiger partial charge on any atom is 0.453 e. The molecule has 1 fully saturated rings. The molecule has 2 aromatic carbocycles. The number of benzene rings is 2. The second kappa shape index (κ2) is 9.46. The highest BCUT2D eigenvalue weighted by molar-refractivity contribution is 5.78. The van der Waals surface area contributed by atoms with Gasteiger partial charge in [0.2, 0.25) is 5.90 Å². The molecule has 0 spiro atoms. The van der Waals surface area contributed by atoms with Crippen molar-refractivity contribution in [1.82, 2.24) is 19.8 Å². The van der Waals surface area contributed by atoms with Crippen molar-refractivity contribution in [2.24, 2.45) is 5.10 Å². The Bertz CT molecular complexity index is 1120. The van der Waals surface area contributed by atoms with Crippen molar-refractivity contribution in [3.8, 4) is 0 Å². The Hall–Kier alpha value is -3.40. The van der Waals surface area contributed by atoms with Gasteiger partial charge in [-0.1, -0.05) is 48.5 Å². The molecule has 1 atom stereocenters. The molecule has 3 heterocycles. The molecule has 0 amide bonds. The molecule has 0 N–H and O–H groups in total. The van der Waals surface area contributed by atoms with Gasteiger partial charge in [0.1, 0.15) is 6.61 Å². The predicted molar refractivity (Wildman–Crippen MR) is 122 cm³/mol. The second-order valence-electron chi connectivity index (χ2n) is 8.37. The first-order chi connectivity index (χ1) is 16.5. The average molecular weight is 470 g/mol. The maximum atomic E-state index is 13.5. The zero-order valence-corrected chi connectivity index (χ0v) is 18.5. The van der Waals surface area contributed by atoms with Crippen molar-refractivity contribution in [3.63, 3.8) is 0 Å². The first kappa shape index (κ1) is 22.4. The molecule has 0 saturated carbocycles. The number of alkyl halides is 3. The number of halogens is 3. The molecule has 3 aromatic rings. The van der Waals surface area contributed by atoms with E-state index < -0.39 is 17.9 Å². The molecule has 0 bridgehead atoms. The van der Waals surface area contributed by atoms with E-state index in [1.807, 2.05) is 48.5 Å². The quantitative estimate of drug-likeness (QED) is 0.567. The number of hydrogen-bond donors (Lipinski definition) is 0. The van der Waals surface area contributed by atoms with E-state index in [-0.39, 0.29) is 11.7 Å². The number of fused-ring (bicyclic) bond motifs is 1. The summed E-state index contributed by atoms with van der Waals surface area (Å²) in [5, 5.41) is 11.3. The van der Waals surface area contributed by atoms with Crippen LogP contribution in [0.4, 0.5) is 18.9 Å². The fraction of sp³-hybridized carbons (Fsp3) is 0.375. The van der Waals surface area contributed by atoms with Crippen molar-refractivity contribution >= 4 is 11.6 Å². The van der Waals surface area contributed by atoms with Gasteiger partial charge in [0.15, 0.2) is 5.82 Å². The largest absolute Gasteiger partial charge is 0.478 e. The molecule has 1 unspecified atom stereocenters. The van der Waals surface area contributed by atoms with Gasteiger partial charge in [-0.25, -0.2) is 0 Å². The minimum atomic E-state index is -4.66. The van der Waals surface area contributed by atoms with Crippen LogP contribution >= 0.6 is 0 Å². The van der Waals surface area contributed by atoms with Crippen LogP contribution in [-0.4, -0.2) is 65.0 Å². The van der Waals surface area contributed by atoms with Crippen molar-refractivity contribution in [1.29, 1.82) is 0 Å². The predicted octanol–water partition coefficient (Wildman–Crippen LogP) is 3.83. The molecule has 2 aliphatic heterocycles. The Balaban J connectivity index is 1.24. The number of aromatic nitrogens is 3. The van der Waals surface area contributed by atoms with Gasteiger partial charge < -0.3 is 9.64 Å². The first-order valence-corrected chi connectivity index (χ1v) is 11.3. The summed E-state index contributed by atoms with van der Waals surface area (Å²) in [5.74, 6) is -1.12. The third kappa shape index (κ3) is 4.77. The van der Waals surface area contributed by atoms with Crippen molar-refractivity contribution < 1.29 is 17.9 Å². The highest BCUT2D eigenvalue weighted by Crippen LogP contribution is 2.35. The Morgan fingerprint density at radius 3 is 2.24 bits per heavy atom. The molecular formula is C24H25F3N6O. The summed E-state index contributed by atoms with van der Waals surface area (Å²) < 4.78 is 47.1. The van der Waals surface area contributed by atoms with E-state index in [0.29, 0.717) is 19.6 Å². The molecule has 178 valence electrons. The van der Waals surface area contributed by atoms with Crippen LogP contribution in [0.5, 0.6) is 0 Å². The first-order valence-electron chi connectivity index (χ1n) is 11.3. The lowest BCUT2D eigenvalue weighted by Crippen LogP contribution is -2.47. The number of ether oxygens (including phenoxy) is 1. The van der Waals surface area contributed by atoms with Crippen molar-refractivity contribution in [2.45, 2.75) is 18.5 Å². The number of anilines is 1. The van der Waals surface area contributed by atoms with Crippen LogP contribution in [0.25, 0.3) is 0 Å². The van der Waals surface area contributed by atoms with Gasteiger partial charge >= 0.3 is 6.18 Å². The van der Waals surface area contributed by atoms with E-state index in [2.05, 4.69) is 37.2 Å². The van der Waals surface area contributed by atoms with E-state index in [1.54, 1.807) is 0 Å². The van der Waals surface area contributed by atoms with Crippen molar-refractivity contribution in [3.05, 3.63) is 77.9 Å². The number of hydrogen-bond acceptors (Lipinski definition) is 6.